The van der Waals surface area contributed by atoms with Crippen molar-refractivity contribution in [3.63, 3.8) is 0 Å². The number of ether oxygens (including phenoxy) is 1. The summed E-state index contributed by atoms with van der Waals surface area (Å²) in [7, 11) is 0. The first-order valence-corrected chi connectivity index (χ1v) is 6.00. The number of hydrogen-bond acceptors (Lipinski definition) is 3. The van der Waals surface area contributed by atoms with Crippen molar-refractivity contribution >= 4 is 12.0 Å². The molecule has 0 bridgehead atoms. The van der Waals surface area contributed by atoms with Gasteiger partial charge in [0.25, 0.3) is 0 Å². The van der Waals surface area contributed by atoms with E-state index in [1.807, 2.05) is 6.92 Å². The van der Waals surface area contributed by atoms with Gasteiger partial charge in [0, 0.05) is 18.2 Å². The standard InChI is InChI=1S/C14H13FN2O3/c1-2-17-9-11(8-16-17)20-14-10(6-7-13(18)19)4-3-5-12(14)15/h3-9H,2H2,1H3,(H,18,19)/b7-6+. The normalized spacial score (nSPS) is 10.9. The summed E-state index contributed by atoms with van der Waals surface area (Å²) >= 11 is 0. The van der Waals surface area contributed by atoms with Crippen molar-refractivity contribution in [2.75, 3.05) is 0 Å². The molecule has 1 N–H and O–H groups in total. The molecule has 0 saturated carbocycles. The van der Waals surface area contributed by atoms with E-state index in [9.17, 15) is 9.18 Å². The number of carboxylic acid groups (broad SMARTS) is 1. The Morgan fingerprint density at radius 2 is 2.35 bits per heavy atom. The molecule has 2 rings (SSSR count). The topological polar surface area (TPSA) is 64.3 Å². The zero-order chi connectivity index (χ0) is 14.5. The number of carbonyl (C=O) groups is 1. The lowest BCUT2D eigenvalue weighted by Crippen LogP contribution is -1.93. The van der Waals surface area contributed by atoms with Gasteiger partial charge >= 0.3 is 5.97 Å². The van der Waals surface area contributed by atoms with Crippen LogP contribution in [0.3, 0.4) is 0 Å². The van der Waals surface area contributed by atoms with Gasteiger partial charge < -0.3 is 9.84 Å². The van der Waals surface area contributed by atoms with E-state index in [4.69, 9.17) is 9.84 Å². The van der Waals surface area contributed by atoms with Crippen LogP contribution in [0.4, 0.5) is 4.39 Å². The third kappa shape index (κ3) is 3.23. The van der Waals surface area contributed by atoms with Crippen LogP contribution in [-0.2, 0) is 11.3 Å². The van der Waals surface area contributed by atoms with Crippen LogP contribution in [0, 0.1) is 5.82 Å². The second kappa shape index (κ2) is 6.01. The molecule has 0 atom stereocenters. The summed E-state index contributed by atoms with van der Waals surface area (Å²) in [6.45, 7) is 2.59. The molecular formula is C14H13FN2O3. The summed E-state index contributed by atoms with van der Waals surface area (Å²) in [6, 6.07) is 4.30. The molecule has 0 saturated heterocycles. The average Bonchev–Trinajstić information content (AvgIpc) is 2.87. The van der Waals surface area contributed by atoms with Crippen LogP contribution in [0.25, 0.3) is 6.08 Å². The maximum absolute atomic E-state index is 13.8. The second-order valence-corrected chi connectivity index (χ2v) is 3.96. The van der Waals surface area contributed by atoms with Crippen molar-refractivity contribution in [3.05, 3.63) is 48.0 Å². The number of aryl methyl sites for hydroxylation is 1. The number of para-hydroxylation sites is 1. The molecule has 0 radical (unpaired) electrons. The van der Waals surface area contributed by atoms with E-state index < -0.39 is 11.8 Å². The Kier molecular flexibility index (Phi) is 4.14. The number of carboxylic acids is 1. The van der Waals surface area contributed by atoms with Crippen LogP contribution in [-0.4, -0.2) is 20.9 Å². The Labute approximate surface area is 114 Å². The van der Waals surface area contributed by atoms with E-state index in [0.29, 0.717) is 17.9 Å². The van der Waals surface area contributed by atoms with Gasteiger partial charge in [-0.05, 0) is 19.1 Å². The van der Waals surface area contributed by atoms with Gasteiger partial charge in [0.1, 0.15) is 0 Å². The molecule has 1 heterocycles. The number of aromatic nitrogens is 2. The van der Waals surface area contributed by atoms with Crippen molar-refractivity contribution in [2.45, 2.75) is 13.5 Å². The van der Waals surface area contributed by atoms with E-state index in [1.165, 1.54) is 24.4 Å². The van der Waals surface area contributed by atoms with Gasteiger partial charge in [-0.3, -0.25) is 4.68 Å². The third-order valence-electron chi connectivity index (χ3n) is 2.56. The molecular weight excluding hydrogens is 263 g/mol. The van der Waals surface area contributed by atoms with Gasteiger partial charge in [-0.15, -0.1) is 0 Å². The van der Waals surface area contributed by atoms with Crippen molar-refractivity contribution < 1.29 is 19.0 Å². The number of rotatable bonds is 5. The van der Waals surface area contributed by atoms with E-state index in [2.05, 4.69) is 5.10 Å². The predicted octanol–water partition coefficient (Wildman–Crippen LogP) is 2.93. The minimum atomic E-state index is -1.11. The molecule has 0 aliphatic heterocycles. The number of nitrogens with zero attached hydrogens (tertiary/aromatic N) is 2. The molecule has 1 aromatic heterocycles. The Bertz CT molecular complexity index is 650. The monoisotopic (exact) mass is 276 g/mol. The zero-order valence-corrected chi connectivity index (χ0v) is 10.8. The fourth-order valence-corrected chi connectivity index (χ4v) is 1.61. The lowest BCUT2D eigenvalue weighted by Gasteiger charge is -2.07. The molecule has 6 heteroatoms. The van der Waals surface area contributed by atoms with Gasteiger partial charge in [-0.2, -0.15) is 5.10 Å². The maximum Gasteiger partial charge on any atom is 0.328 e. The molecule has 5 nitrogen and oxygen atoms in total. The highest BCUT2D eigenvalue weighted by Crippen LogP contribution is 2.29. The molecule has 0 unspecified atom stereocenters. The molecule has 0 amide bonds. The van der Waals surface area contributed by atoms with Crippen LogP contribution in [0.15, 0.2) is 36.7 Å². The lowest BCUT2D eigenvalue weighted by atomic mass is 10.2. The summed E-state index contributed by atoms with van der Waals surface area (Å²) in [5.74, 6) is -1.32. The third-order valence-corrected chi connectivity index (χ3v) is 2.56. The van der Waals surface area contributed by atoms with Gasteiger partial charge in [0.05, 0.1) is 12.4 Å². The molecule has 1 aromatic carbocycles. The van der Waals surface area contributed by atoms with Crippen molar-refractivity contribution in [2.24, 2.45) is 0 Å². The average molecular weight is 276 g/mol. The highest BCUT2D eigenvalue weighted by Gasteiger charge is 2.10. The van der Waals surface area contributed by atoms with Crippen LogP contribution in [0.1, 0.15) is 12.5 Å². The van der Waals surface area contributed by atoms with Gasteiger partial charge in [0.15, 0.2) is 17.3 Å². The van der Waals surface area contributed by atoms with Crippen LogP contribution in [0.2, 0.25) is 0 Å². The summed E-state index contributed by atoms with van der Waals surface area (Å²) < 4.78 is 20.9. The van der Waals surface area contributed by atoms with E-state index in [-0.39, 0.29) is 5.75 Å². The van der Waals surface area contributed by atoms with E-state index >= 15 is 0 Å². The van der Waals surface area contributed by atoms with E-state index in [0.717, 1.165) is 6.08 Å². The Balaban J connectivity index is 2.32. The summed E-state index contributed by atoms with van der Waals surface area (Å²) in [6.07, 6.45) is 5.32. The first-order valence-electron chi connectivity index (χ1n) is 6.00. The Hall–Kier alpha value is -2.63. The Morgan fingerprint density at radius 3 is 3.00 bits per heavy atom. The molecule has 0 aliphatic rings. The molecule has 20 heavy (non-hydrogen) atoms. The number of aliphatic carboxylic acids is 1. The summed E-state index contributed by atoms with van der Waals surface area (Å²) in [5, 5.41) is 12.6. The van der Waals surface area contributed by atoms with Gasteiger partial charge in [-0.1, -0.05) is 12.1 Å². The quantitative estimate of drug-likeness (QED) is 0.853. The number of hydrogen-bond donors (Lipinski definition) is 1. The zero-order valence-electron chi connectivity index (χ0n) is 10.8. The van der Waals surface area contributed by atoms with Crippen molar-refractivity contribution in [1.29, 1.82) is 0 Å². The fraction of sp³-hybridized carbons (Fsp3) is 0.143. The first-order chi connectivity index (χ1) is 9.60. The van der Waals surface area contributed by atoms with Gasteiger partial charge in [0.2, 0.25) is 0 Å². The van der Waals surface area contributed by atoms with Crippen LogP contribution in [0.5, 0.6) is 11.5 Å². The largest absolute Gasteiger partial charge is 0.478 e. The molecule has 0 fully saturated rings. The Morgan fingerprint density at radius 1 is 1.55 bits per heavy atom. The highest BCUT2D eigenvalue weighted by atomic mass is 19.1. The minimum absolute atomic E-state index is 0.0272. The summed E-state index contributed by atoms with van der Waals surface area (Å²) in [4.78, 5) is 10.5. The smallest absolute Gasteiger partial charge is 0.328 e. The fourth-order valence-electron chi connectivity index (χ4n) is 1.61. The molecule has 2 aromatic rings. The van der Waals surface area contributed by atoms with Crippen molar-refractivity contribution in [3.8, 4) is 11.5 Å². The number of benzene rings is 1. The first kappa shape index (κ1) is 13.8. The van der Waals surface area contributed by atoms with Crippen LogP contribution < -0.4 is 4.74 Å². The van der Waals surface area contributed by atoms with E-state index in [1.54, 1.807) is 16.9 Å². The highest BCUT2D eigenvalue weighted by molar-refractivity contribution is 5.85. The maximum atomic E-state index is 13.8. The second-order valence-electron chi connectivity index (χ2n) is 3.96. The predicted molar refractivity (Wildman–Crippen MR) is 71.0 cm³/mol. The molecule has 0 spiro atoms. The summed E-state index contributed by atoms with van der Waals surface area (Å²) in [5.41, 5.74) is 0.344. The van der Waals surface area contributed by atoms with Crippen molar-refractivity contribution in [1.82, 2.24) is 9.78 Å². The number of halogens is 1. The molecule has 104 valence electrons. The van der Waals surface area contributed by atoms with Gasteiger partial charge in [-0.25, -0.2) is 9.18 Å². The SMILES string of the molecule is CCn1cc(Oc2c(F)cccc2/C=C/C(=O)O)cn1. The molecule has 0 aliphatic carbocycles. The lowest BCUT2D eigenvalue weighted by molar-refractivity contribution is -0.131. The van der Waals surface area contributed by atoms with Crippen LogP contribution >= 0.6 is 0 Å². The minimum Gasteiger partial charge on any atom is -0.478 e.